The molecule has 0 aliphatic heterocycles. The van der Waals surface area contributed by atoms with Gasteiger partial charge in [-0.05, 0) is 22.8 Å². The van der Waals surface area contributed by atoms with E-state index in [9.17, 15) is 0 Å². The first-order chi connectivity index (χ1) is 8.30. The molecule has 98 valence electrons. The fraction of sp³-hybridized carbons (Fsp3) is 0.333. The van der Waals surface area contributed by atoms with Crippen molar-refractivity contribution in [3.63, 3.8) is 0 Å². The van der Waals surface area contributed by atoms with Crippen LogP contribution in [0, 0.1) is 5.92 Å². The quantitative estimate of drug-likeness (QED) is 0.499. The summed E-state index contributed by atoms with van der Waals surface area (Å²) >= 11 is 17.4. The number of hydrogen-bond acceptors (Lipinski definition) is 0. The number of halogens is 3. The molecule has 0 aromatic heterocycles. The van der Waals surface area contributed by atoms with Crippen LogP contribution in [0.25, 0.3) is 10.8 Å². The van der Waals surface area contributed by atoms with Crippen LogP contribution in [0.15, 0.2) is 42.5 Å². The summed E-state index contributed by atoms with van der Waals surface area (Å²) in [6.07, 6.45) is 0. The van der Waals surface area contributed by atoms with Gasteiger partial charge in [-0.3, -0.25) is 0 Å². The molecule has 0 N–H and O–H groups in total. The zero-order chi connectivity index (χ0) is 13.8. The maximum atomic E-state index is 5.79. The van der Waals surface area contributed by atoms with Gasteiger partial charge in [-0.1, -0.05) is 92.0 Å². The molecule has 0 saturated heterocycles. The minimum atomic E-state index is -1.34. The fourth-order valence-electron chi connectivity index (χ4n) is 1.37. The summed E-state index contributed by atoms with van der Waals surface area (Å²) in [6.45, 7) is 6.50. The lowest BCUT2D eigenvalue weighted by Crippen LogP contribution is -1.98. The third-order valence-corrected chi connectivity index (χ3v) is 2.73. The Bertz CT molecular complexity index is 496. The van der Waals surface area contributed by atoms with Crippen molar-refractivity contribution in [1.82, 2.24) is 0 Å². The van der Waals surface area contributed by atoms with E-state index in [0.717, 1.165) is 16.7 Å². The number of hydrogen-bond donors (Lipinski definition) is 0. The van der Waals surface area contributed by atoms with E-state index in [1.54, 1.807) is 0 Å². The molecule has 0 fully saturated rings. The highest BCUT2D eigenvalue weighted by molar-refractivity contribution is 6.66. The zero-order valence-electron chi connectivity index (χ0n) is 10.8. The van der Waals surface area contributed by atoms with Gasteiger partial charge in [-0.15, -0.1) is 0 Å². The Morgan fingerprint density at radius 3 is 1.83 bits per heavy atom. The predicted molar refractivity (Wildman–Crippen MR) is 83.7 cm³/mol. The van der Waals surface area contributed by atoms with Gasteiger partial charge in [0.1, 0.15) is 0 Å². The molecule has 2 aromatic rings. The molecule has 0 radical (unpaired) electrons. The van der Waals surface area contributed by atoms with Crippen LogP contribution in [0.5, 0.6) is 0 Å². The Morgan fingerprint density at radius 1 is 0.833 bits per heavy atom. The van der Waals surface area contributed by atoms with Crippen molar-refractivity contribution in [1.29, 1.82) is 0 Å². The Balaban J connectivity index is 0.000000357. The van der Waals surface area contributed by atoms with Crippen LogP contribution in [-0.2, 0) is 3.79 Å². The van der Waals surface area contributed by atoms with Crippen LogP contribution < -0.4 is 0 Å². The molecular weight excluding hydrogens is 287 g/mol. The molecule has 18 heavy (non-hydrogen) atoms. The van der Waals surface area contributed by atoms with Crippen LogP contribution in [0.2, 0.25) is 0 Å². The third-order valence-electron chi connectivity index (χ3n) is 2.08. The maximum Gasteiger partial charge on any atom is 0.216 e. The Morgan fingerprint density at radius 2 is 1.33 bits per heavy atom. The van der Waals surface area contributed by atoms with Gasteiger partial charge in [0.25, 0.3) is 0 Å². The standard InChI is InChI=1S/C11H7Cl3.C4H10/c12-11(13,14)10-6-5-8-3-1-2-4-9(8)7-10;1-4(2)3/h1-7H;4H,1-3H3. The van der Waals surface area contributed by atoms with Gasteiger partial charge < -0.3 is 0 Å². The summed E-state index contributed by atoms with van der Waals surface area (Å²) < 4.78 is -1.34. The molecule has 0 atom stereocenters. The molecule has 0 heterocycles. The average Bonchev–Trinajstić information content (AvgIpc) is 2.26. The molecule has 0 amide bonds. The van der Waals surface area contributed by atoms with Crippen molar-refractivity contribution in [2.75, 3.05) is 0 Å². The number of fused-ring (bicyclic) bond motifs is 1. The minimum Gasteiger partial charge on any atom is -0.0784 e. The summed E-state index contributed by atoms with van der Waals surface area (Å²) in [5.41, 5.74) is 0.696. The van der Waals surface area contributed by atoms with Gasteiger partial charge in [-0.2, -0.15) is 0 Å². The van der Waals surface area contributed by atoms with Crippen LogP contribution in [0.1, 0.15) is 26.3 Å². The second kappa shape index (κ2) is 6.65. The van der Waals surface area contributed by atoms with Crippen molar-refractivity contribution in [2.45, 2.75) is 24.6 Å². The fourth-order valence-corrected chi connectivity index (χ4v) is 1.72. The summed E-state index contributed by atoms with van der Waals surface area (Å²) in [5, 5.41) is 2.22. The second-order valence-corrected chi connectivity index (χ2v) is 7.07. The molecule has 0 unspecified atom stereocenters. The zero-order valence-corrected chi connectivity index (χ0v) is 13.0. The van der Waals surface area contributed by atoms with Crippen LogP contribution in [-0.4, -0.2) is 0 Å². The molecule has 0 aliphatic rings. The highest BCUT2D eigenvalue weighted by atomic mass is 35.6. The Kier molecular flexibility index (Phi) is 5.78. The lowest BCUT2D eigenvalue weighted by Gasteiger charge is -2.11. The first-order valence-corrected chi connectivity index (χ1v) is 7.00. The van der Waals surface area contributed by atoms with Gasteiger partial charge in [0, 0.05) is 5.56 Å². The van der Waals surface area contributed by atoms with E-state index in [1.807, 2.05) is 42.5 Å². The van der Waals surface area contributed by atoms with E-state index in [4.69, 9.17) is 34.8 Å². The van der Waals surface area contributed by atoms with Crippen molar-refractivity contribution in [3.05, 3.63) is 48.0 Å². The number of alkyl halides is 3. The van der Waals surface area contributed by atoms with Crippen LogP contribution in [0.4, 0.5) is 0 Å². The Hall–Kier alpha value is -0.430. The maximum absolute atomic E-state index is 5.79. The largest absolute Gasteiger partial charge is 0.216 e. The summed E-state index contributed by atoms with van der Waals surface area (Å²) in [4.78, 5) is 0. The lowest BCUT2D eigenvalue weighted by atomic mass is 10.1. The van der Waals surface area contributed by atoms with E-state index in [-0.39, 0.29) is 0 Å². The molecule has 2 aromatic carbocycles. The highest BCUT2D eigenvalue weighted by Gasteiger charge is 2.22. The third kappa shape index (κ3) is 5.06. The molecule has 3 heteroatoms. The van der Waals surface area contributed by atoms with E-state index in [2.05, 4.69) is 20.8 Å². The van der Waals surface area contributed by atoms with Crippen molar-refractivity contribution < 1.29 is 0 Å². The molecular formula is C15H17Cl3. The van der Waals surface area contributed by atoms with Gasteiger partial charge in [0.15, 0.2) is 0 Å². The second-order valence-electron chi connectivity index (χ2n) is 4.79. The van der Waals surface area contributed by atoms with Crippen molar-refractivity contribution in [2.24, 2.45) is 5.92 Å². The van der Waals surface area contributed by atoms with Crippen LogP contribution >= 0.6 is 34.8 Å². The van der Waals surface area contributed by atoms with Gasteiger partial charge in [-0.25, -0.2) is 0 Å². The first kappa shape index (κ1) is 15.6. The van der Waals surface area contributed by atoms with E-state index < -0.39 is 3.79 Å². The summed E-state index contributed by atoms with van der Waals surface area (Å²) in [5.74, 6) is 0.833. The lowest BCUT2D eigenvalue weighted by molar-refractivity contribution is 0.737. The predicted octanol–water partition coefficient (Wildman–Crippen LogP) is 6.33. The molecule has 0 aliphatic carbocycles. The van der Waals surface area contributed by atoms with Crippen molar-refractivity contribution >= 4 is 45.6 Å². The van der Waals surface area contributed by atoms with E-state index >= 15 is 0 Å². The molecule has 0 nitrogen and oxygen atoms in total. The van der Waals surface area contributed by atoms with Gasteiger partial charge in [0.05, 0.1) is 0 Å². The average molecular weight is 304 g/mol. The highest BCUT2D eigenvalue weighted by Crippen LogP contribution is 2.39. The molecule has 2 rings (SSSR count). The molecule has 0 saturated carbocycles. The van der Waals surface area contributed by atoms with Gasteiger partial charge >= 0.3 is 0 Å². The van der Waals surface area contributed by atoms with Crippen molar-refractivity contribution in [3.8, 4) is 0 Å². The molecule has 0 spiro atoms. The minimum absolute atomic E-state index is 0.696. The number of benzene rings is 2. The number of rotatable bonds is 0. The summed E-state index contributed by atoms with van der Waals surface area (Å²) in [7, 11) is 0. The van der Waals surface area contributed by atoms with Gasteiger partial charge in [0.2, 0.25) is 3.79 Å². The van der Waals surface area contributed by atoms with E-state index in [0.29, 0.717) is 5.56 Å². The normalized spacial score (nSPS) is 11.3. The Labute approximate surface area is 124 Å². The smallest absolute Gasteiger partial charge is 0.0784 e. The molecule has 0 bridgehead atoms. The first-order valence-electron chi connectivity index (χ1n) is 5.86. The van der Waals surface area contributed by atoms with Crippen LogP contribution in [0.3, 0.4) is 0 Å². The topological polar surface area (TPSA) is 0 Å². The monoisotopic (exact) mass is 302 g/mol. The van der Waals surface area contributed by atoms with E-state index in [1.165, 1.54) is 0 Å². The SMILES string of the molecule is CC(C)C.ClC(Cl)(Cl)c1ccc2ccccc2c1. The summed E-state index contributed by atoms with van der Waals surface area (Å²) in [6, 6.07) is 13.6.